The Balaban J connectivity index is 2.00. The molecule has 0 saturated heterocycles. The van der Waals surface area contributed by atoms with Crippen molar-refractivity contribution in [1.82, 2.24) is 10.6 Å². The molecule has 57 heavy (non-hydrogen) atoms. The van der Waals surface area contributed by atoms with E-state index in [2.05, 4.69) is 24.5 Å². The van der Waals surface area contributed by atoms with Crippen molar-refractivity contribution in [2.45, 2.75) is 232 Å². The number of amides is 2. The number of carbonyl (C=O) groups excluding carboxylic acids is 2. The first-order chi connectivity index (χ1) is 28.0. The minimum Gasteiger partial charge on any atom is -0.493 e. The lowest BCUT2D eigenvalue weighted by Crippen LogP contribution is -2.23. The van der Waals surface area contributed by atoms with Crippen LogP contribution >= 0.6 is 0 Å². The van der Waals surface area contributed by atoms with Gasteiger partial charge in [-0.25, -0.2) is 4.79 Å². The average molecular weight is 801 g/mol. The second-order valence-corrected chi connectivity index (χ2v) is 16.5. The molecular formula is C49H88N2O6. The van der Waals surface area contributed by atoms with Gasteiger partial charge in [0.15, 0.2) is 0 Å². The Morgan fingerprint density at radius 3 is 1.05 bits per heavy atom. The molecular weight excluding hydrogens is 713 g/mol. The topological polar surface area (TPSA) is 114 Å². The van der Waals surface area contributed by atoms with Gasteiger partial charge in [0.2, 0.25) is 11.8 Å². The second kappa shape index (κ2) is 40.0. The number of ether oxygens (including phenoxy) is 2. The van der Waals surface area contributed by atoms with Crippen molar-refractivity contribution < 1.29 is 29.0 Å². The lowest BCUT2D eigenvalue weighted by Gasteiger charge is -2.11. The molecule has 0 atom stereocenters. The van der Waals surface area contributed by atoms with E-state index in [-0.39, 0.29) is 17.4 Å². The van der Waals surface area contributed by atoms with Gasteiger partial charge >= 0.3 is 5.97 Å². The first kappa shape index (κ1) is 52.2. The number of carboxylic acids is 1. The van der Waals surface area contributed by atoms with Crippen molar-refractivity contribution in [3.8, 4) is 11.5 Å². The molecule has 0 aliphatic heterocycles. The van der Waals surface area contributed by atoms with Crippen molar-refractivity contribution in [3.63, 3.8) is 0 Å². The van der Waals surface area contributed by atoms with Gasteiger partial charge in [-0.05, 0) is 50.7 Å². The fraction of sp³-hybridized carbons (Fsp3) is 0.816. The highest BCUT2D eigenvalue weighted by Gasteiger charge is 2.10. The van der Waals surface area contributed by atoms with Crippen LogP contribution in [0.5, 0.6) is 11.5 Å². The third kappa shape index (κ3) is 34.9. The van der Waals surface area contributed by atoms with Crippen LogP contribution in [0.1, 0.15) is 243 Å². The predicted molar refractivity (Wildman–Crippen MR) is 239 cm³/mol. The van der Waals surface area contributed by atoms with E-state index in [1.807, 2.05) is 0 Å². The minimum absolute atomic E-state index is 0.185. The molecule has 330 valence electrons. The Morgan fingerprint density at radius 1 is 0.421 bits per heavy atom. The molecule has 1 rings (SSSR count). The van der Waals surface area contributed by atoms with Crippen LogP contribution in [-0.4, -0.2) is 49.2 Å². The first-order valence-electron chi connectivity index (χ1n) is 24.1. The monoisotopic (exact) mass is 801 g/mol. The minimum atomic E-state index is -0.982. The molecule has 0 radical (unpaired) electrons. The average Bonchev–Trinajstić information content (AvgIpc) is 3.20. The summed E-state index contributed by atoms with van der Waals surface area (Å²) in [6, 6.07) is 4.96. The number of rotatable bonds is 43. The van der Waals surface area contributed by atoms with E-state index in [0.29, 0.717) is 37.6 Å². The molecule has 0 aromatic heterocycles. The van der Waals surface area contributed by atoms with Gasteiger partial charge in [0.1, 0.15) is 11.5 Å². The highest BCUT2D eigenvalue weighted by atomic mass is 16.5. The van der Waals surface area contributed by atoms with Crippen LogP contribution in [0.15, 0.2) is 18.2 Å². The van der Waals surface area contributed by atoms with E-state index >= 15 is 0 Å². The van der Waals surface area contributed by atoms with Crippen molar-refractivity contribution >= 4 is 17.8 Å². The Kier molecular flexibility index (Phi) is 36.7. The smallest absolute Gasteiger partial charge is 0.335 e. The van der Waals surface area contributed by atoms with Gasteiger partial charge in [0, 0.05) is 32.0 Å². The van der Waals surface area contributed by atoms with Crippen LogP contribution in [0.3, 0.4) is 0 Å². The van der Waals surface area contributed by atoms with Crippen molar-refractivity contribution in [2.75, 3.05) is 26.3 Å². The summed E-state index contributed by atoms with van der Waals surface area (Å²) in [7, 11) is 0. The molecule has 8 nitrogen and oxygen atoms in total. The standard InChI is InChI=1S/C49H88N2O6/c1-3-5-7-9-11-19-25-31-37-50-47(52)35-29-23-17-13-15-21-27-33-39-56-45-41-44(49(54)55)42-46(43-45)57-40-34-28-22-16-14-18-24-30-36-48(53)51-38-32-26-20-12-10-8-6-4-2/h41-43H,3-40H2,1-2H3,(H,50,52)(H,51,53)(H,54,55). The molecule has 0 heterocycles. The maximum absolute atomic E-state index is 12.1. The van der Waals surface area contributed by atoms with Gasteiger partial charge in [-0.3, -0.25) is 9.59 Å². The molecule has 0 bridgehead atoms. The van der Waals surface area contributed by atoms with Gasteiger partial charge in [0.05, 0.1) is 18.8 Å². The molecule has 1 aromatic carbocycles. The molecule has 0 unspecified atom stereocenters. The largest absolute Gasteiger partial charge is 0.493 e. The molecule has 1 aromatic rings. The molecule has 0 saturated carbocycles. The van der Waals surface area contributed by atoms with Crippen LogP contribution in [0.2, 0.25) is 0 Å². The number of hydrogen-bond donors (Lipinski definition) is 3. The van der Waals surface area contributed by atoms with E-state index in [4.69, 9.17) is 9.47 Å². The summed E-state index contributed by atoms with van der Waals surface area (Å²) in [5.74, 6) is 0.528. The quantitative estimate of drug-likeness (QED) is 0.0567. The van der Waals surface area contributed by atoms with Gasteiger partial charge in [0.25, 0.3) is 0 Å². The number of carboxylic acid groups (broad SMARTS) is 1. The van der Waals surface area contributed by atoms with Gasteiger partial charge in [-0.1, -0.05) is 181 Å². The Labute approximate surface area is 350 Å². The zero-order valence-electron chi connectivity index (χ0n) is 37.1. The van der Waals surface area contributed by atoms with Gasteiger partial charge < -0.3 is 25.2 Å². The molecule has 2 amide bonds. The van der Waals surface area contributed by atoms with E-state index in [9.17, 15) is 19.5 Å². The maximum atomic E-state index is 12.1. The summed E-state index contributed by atoms with van der Waals surface area (Å²) in [5, 5.41) is 15.8. The van der Waals surface area contributed by atoms with E-state index < -0.39 is 5.97 Å². The van der Waals surface area contributed by atoms with Crippen LogP contribution < -0.4 is 20.1 Å². The summed E-state index contributed by atoms with van der Waals surface area (Å²) in [4.78, 5) is 35.9. The summed E-state index contributed by atoms with van der Waals surface area (Å²) < 4.78 is 11.9. The number of nitrogens with one attached hydrogen (secondary N) is 2. The van der Waals surface area contributed by atoms with Crippen LogP contribution in [-0.2, 0) is 9.59 Å². The Hall–Kier alpha value is -2.77. The van der Waals surface area contributed by atoms with Gasteiger partial charge in [-0.2, -0.15) is 0 Å². The van der Waals surface area contributed by atoms with Crippen LogP contribution in [0.4, 0.5) is 0 Å². The fourth-order valence-electron chi connectivity index (χ4n) is 7.29. The zero-order chi connectivity index (χ0) is 41.3. The first-order valence-corrected chi connectivity index (χ1v) is 24.1. The van der Waals surface area contributed by atoms with E-state index in [0.717, 1.165) is 90.1 Å². The summed E-state index contributed by atoms with van der Waals surface area (Å²) in [5.41, 5.74) is 0.185. The van der Waals surface area contributed by atoms with Crippen molar-refractivity contribution in [1.29, 1.82) is 0 Å². The zero-order valence-corrected chi connectivity index (χ0v) is 37.1. The Bertz CT molecular complexity index is 1020. The highest BCUT2D eigenvalue weighted by Crippen LogP contribution is 2.24. The number of hydrogen-bond acceptors (Lipinski definition) is 5. The molecule has 0 aliphatic carbocycles. The number of carbonyl (C=O) groups is 3. The summed E-state index contributed by atoms with van der Waals surface area (Å²) in [6.07, 6.45) is 39.5. The number of aromatic carboxylic acids is 1. The summed E-state index contributed by atoms with van der Waals surface area (Å²) >= 11 is 0. The van der Waals surface area contributed by atoms with E-state index in [1.165, 1.54) is 128 Å². The molecule has 0 spiro atoms. The lowest BCUT2D eigenvalue weighted by molar-refractivity contribution is -0.122. The SMILES string of the molecule is CCCCCCCCCCNC(=O)CCCCCCCCCCOc1cc(OCCCCCCCCCCC(=O)NCCCCCCCCCC)cc(C(=O)O)c1. The number of unbranched alkanes of at least 4 members (excludes halogenated alkanes) is 28. The fourth-order valence-corrected chi connectivity index (χ4v) is 7.29. The number of benzene rings is 1. The Morgan fingerprint density at radius 2 is 0.719 bits per heavy atom. The van der Waals surface area contributed by atoms with Gasteiger partial charge in [-0.15, -0.1) is 0 Å². The lowest BCUT2D eigenvalue weighted by atomic mass is 10.1. The van der Waals surface area contributed by atoms with E-state index in [1.54, 1.807) is 18.2 Å². The third-order valence-corrected chi connectivity index (χ3v) is 11.0. The second-order valence-electron chi connectivity index (χ2n) is 16.5. The highest BCUT2D eigenvalue weighted by molar-refractivity contribution is 5.88. The van der Waals surface area contributed by atoms with Crippen LogP contribution in [0.25, 0.3) is 0 Å². The molecule has 0 fully saturated rings. The molecule has 3 N–H and O–H groups in total. The predicted octanol–water partition coefficient (Wildman–Crippen LogP) is 13.7. The van der Waals surface area contributed by atoms with Crippen molar-refractivity contribution in [3.05, 3.63) is 23.8 Å². The normalized spacial score (nSPS) is 11.1. The van der Waals surface area contributed by atoms with Crippen molar-refractivity contribution in [2.24, 2.45) is 0 Å². The molecule has 0 aliphatic rings. The third-order valence-electron chi connectivity index (χ3n) is 11.0. The van der Waals surface area contributed by atoms with Crippen LogP contribution in [0, 0.1) is 0 Å². The maximum Gasteiger partial charge on any atom is 0.335 e. The molecule has 8 heteroatoms. The summed E-state index contributed by atoms with van der Waals surface area (Å²) in [6.45, 7) is 7.26.